The minimum Gasteiger partial charge on any atom is -0.379 e. The van der Waals surface area contributed by atoms with Gasteiger partial charge in [0.15, 0.2) is 0 Å². The summed E-state index contributed by atoms with van der Waals surface area (Å²) in [4.78, 5) is 16.2. The van der Waals surface area contributed by atoms with E-state index in [0.717, 1.165) is 45.5 Å². The summed E-state index contributed by atoms with van der Waals surface area (Å²) < 4.78 is 7.51. The molecule has 0 aromatic carbocycles. The lowest BCUT2D eigenvalue weighted by Gasteiger charge is -2.49. The topological polar surface area (TPSA) is 62.6 Å². The third-order valence-electron chi connectivity index (χ3n) is 5.49. The summed E-state index contributed by atoms with van der Waals surface area (Å²) in [5.41, 5.74) is 1.44. The predicted molar refractivity (Wildman–Crippen MR) is 91.6 cm³/mol. The molecule has 2 amide bonds. The maximum absolute atomic E-state index is 12.1. The molecular formula is C17H29N5O2. The van der Waals surface area contributed by atoms with Crippen LogP contribution in [0, 0.1) is 5.41 Å². The molecule has 0 bridgehead atoms. The first-order chi connectivity index (χ1) is 11.5. The van der Waals surface area contributed by atoms with Crippen molar-refractivity contribution in [1.29, 1.82) is 0 Å². The molecule has 2 aliphatic rings. The highest BCUT2D eigenvalue weighted by Gasteiger charge is 2.44. The van der Waals surface area contributed by atoms with Crippen LogP contribution in [0.3, 0.4) is 0 Å². The summed E-state index contributed by atoms with van der Waals surface area (Å²) in [7, 11) is 5.51. The summed E-state index contributed by atoms with van der Waals surface area (Å²) in [5, 5.41) is 7.42. The van der Waals surface area contributed by atoms with E-state index < -0.39 is 0 Å². The Morgan fingerprint density at radius 3 is 2.79 bits per heavy atom. The first-order valence-electron chi connectivity index (χ1n) is 8.74. The number of rotatable bonds is 3. The molecule has 3 heterocycles. The largest absolute Gasteiger partial charge is 0.379 e. The molecule has 7 heteroatoms. The lowest BCUT2D eigenvalue weighted by Crippen LogP contribution is -2.58. The van der Waals surface area contributed by atoms with Gasteiger partial charge in [-0.25, -0.2) is 4.79 Å². The normalized spacial score (nSPS) is 24.0. The lowest BCUT2D eigenvalue weighted by atomic mass is 9.69. The molecule has 24 heavy (non-hydrogen) atoms. The van der Waals surface area contributed by atoms with Gasteiger partial charge in [0, 0.05) is 46.1 Å². The molecule has 1 N–H and O–H groups in total. The molecule has 134 valence electrons. The Hall–Kier alpha value is -1.60. The molecule has 1 aromatic rings. The SMILES string of the molecule is CN(C)C(=O)N[C@@H]1COCCC12CCN(Cc1cnn(C)c1)CC2. The molecule has 0 radical (unpaired) electrons. The first-order valence-corrected chi connectivity index (χ1v) is 8.74. The molecule has 2 fully saturated rings. The number of urea groups is 1. The Morgan fingerprint density at radius 2 is 2.17 bits per heavy atom. The monoisotopic (exact) mass is 335 g/mol. The van der Waals surface area contributed by atoms with Crippen LogP contribution in [0.25, 0.3) is 0 Å². The van der Waals surface area contributed by atoms with Crippen LogP contribution in [0.1, 0.15) is 24.8 Å². The molecule has 0 aliphatic carbocycles. The van der Waals surface area contributed by atoms with Crippen LogP contribution in [0.2, 0.25) is 0 Å². The van der Waals surface area contributed by atoms with Crippen LogP contribution in [0.4, 0.5) is 4.79 Å². The molecule has 1 aromatic heterocycles. The van der Waals surface area contributed by atoms with Crippen molar-refractivity contribution < 1.29 is 9.53 Å². The molecule has 0 saturated carbocycles. The second-order valence-electron chi connectivity index (χ2n) is 7.38. The number of hydrogen-bond donors (Lipinski definition) is 1. The van der Waals surface area contributed by atoms with Gasteiger partial charge in [-0.15, -0.1) is 0 Å². The number of nitrogens with zero attached hydrogens (tertiary/aromatic N) is 4. The van der Waals surface area contributed by atoms with E-state index in [0.29, 0.717) is 6.61 Å². The minimum absolute atomic E-state index is 0.0253. The van der Waals surface area contributed by atoms with E-state index in [-0.39, 0.29) is 17.5 Å². The zero-order chi connectivity index (χ0) is 17.2. The Balaban J connectivity index is 1.60. The molecule has 7 nitrogen and oxygen atoms in total. The van der Waals surface area contributed by atoms with Crippen LogP contribution in [0.5, 0.6) is 0 Å². The van der Waals surface area contributed by atoms with Crippen LogP contribution < -0.4 is 5.32 Å². The highest BCUT2D eigenvalue weighted by molar-refractivity contribution is 5.74. The number of hydrogen-bond acceptors (Lipinski definition) is 4. The maximum atomic E-state index is 12.1. The lowest BCUT2D eigenvalue weighted by molar-refractivity contribution is -0.0484. The maximum Gasteiger partial charge on any atom is 0.317 e. The van der Waals surface area contributed by atoms with Gasteiger partial charge in [0.2, 0.25) is 0 Å². The van der Waals surface area contributed by atoms with Crippen molar-refractivity contribution in [3.63, 3.8) is 0 Å². The summed E-state index contributed by atoms with van der Waals surface area (Å²) in [6.07, 6.45) is 7.27. The second-order valence-corrected chi connectivity index (χ2v) is 7.38. The van der Waals surface area contributed by atoms with Crippen LogP contribution in [-0.2, 0) is 18.3 Å². The number of aromatic nitrogens is 2. The zero-order valence-corrected chi connectivity index (χ0v) is 15.0. The van der Waals surface area contributed by atoms with E-state index in [1.165, 1.54) is 5.56 Å². The van der Waals surface area contributed by atoms with Crippen molar-refractivity contribution in [1.82, 2.24) is 24.9 Å². The summed E-state index contributed by atoms with van der Waals surface area (Å²) in [6, 6.07) is 0.0874. The summed E-state index contributed by atoms with van der Waals surface area (Å²) >= 11 is 0. The fraction of sp³-hybridized carbons (Fsp3) is 0.765. The highest BCUT2D eigenvalue weighted by Crippen LogP contribution is 2.41. The summed E-state index contributed by atoms with van der Waals surface area (Å²) in [6.45, 7) is 4.50. The van der Waals surface area contributed by atoms with Gasteiger partial charge >= 0.3 is 6.03 Å². The van der Waals surface area contributed by atoms with Gasteiger partial charge < -0.3 is 15.0 Å². The van der Waals surface area contributed by atoms with E-state index in [9.17, 15) is 4.79 Å². The van der Waals surface area contributed by atoms with Gasteiger partial charge in [-0.1, -0.05) is 0 Å². The van der Waals surface area contributed by atoms with Gasteiger partial charge in [-0.3, -0.25) is 9.58 Å². The van der Waals surface area contributed by atoms with Crippen molar-refractivity contribution >= 4 is 6.03 Å². The Bertz CT molecular complexity index is 563. The number of piperidine rings is 1. The van der Waals surface area contributed by atoms with Crippen molar-refractivity contribution in [2.75, 3.05) is 40.4 Å². The fourth-order valence-electron chi connectivity index (χ4n) is 3.87. The molecule has 2 saturated heterocycles. The average Bonchev–Trinajstić information content (AvgIpc) is 2.97. The number of aryl methyl sites for hydroxylation is 1. The molecule has 3 rings (SSSR count). The number of ether oxygens (including phenoxy) is 1. The van der Waals surface area contributed by atoms with Gasteiger partial charge in [0.25, 0.3) is 0 Å². The predicted octanol–water partition coefficient (Wildman–Crippen LogP) is 1.06. The van der Waals surface area contributed by atoms with E-state index in [2.05, 4.69) is 21.5 Å². The number of likely N-dealkylation sites (tertiary alicyclic amines) is 1. The van der Waals surface area contributed by atoms with Crippen molar-refractivity contribution in [2.24, 2.45) is 12.5 Å². The number of nitrogens with one attached hydrogen (secondary N) is 1. The number of carbonyl (C=O) groups is 1. The molecule has 0 unspecified atom stereocenters. The first kappa shape index (κ1) is 17.2. The average molecular weight is 335 g/mol. The van der Waals surface area contributed by atoms with Crippen LogP contribution in [0.15, 0.2) is 12.4 Å². The standard InChI is InChI=1S/C17H29N5O2/c1-20(2)16(23)19-15-13-24-9-6-17(15)4-7-22(8-5-17)12-14-10-18-21(3)11-14/h10-11,15H,4-9,12-13H2,1-3H3,(H,19,23)/t15-/m1/s1. The van der Waals surface area contributed by atoms with Gasteiger partial charge in [-0.05, 0) is 37.8 Å². The van der Waals surface area contributed by atoms with Crippen molar-refractivity contribution in [3.8, 4) is 0 Å². The smallest absolute Gasteiger partial charge is 0.317 e. The van der Waals surface area contributed by atoms with Crippen molar-refractivity contribution in [3.05, 3.63) is 18.0 Å². The Morgan fingerprint density at radius 1 is 1.42 bits per heavy atom. The molecule has 2 aliphatic heterocycles. The Labute approximate surface area is 143 Å². The van der Waals surface area contributed by atoms with Gasteiger partial charge in [-0.2, -0.15) is 5.10 Å². The van der Waals surface area contributed by atoms with Gasteiger partial charge in [0.05, 0.1) is 18.8 Å². The second kappa shape index (κ2) is 7.11. The number of carbonyl (C=O) groups excluding carboxylic acids is 1. The molecule has 1 atom stereocenters. The zero-order valence-electron chi connectivity index (χ0n) is 15.0. The highest BCUT2D eigenvalue weighted by atomic mass is 16.5. The van der Waals surface area contributed by atoms with E-state index >= 15 is 0 Å². The van der Waals surface area contributed by atoms with Crippen LogP contribution in [-0.4, -0.2) is 72.1 Å². The third kappa shape index (κ3) is 3.72. The summed E-state index contributed by atoms with van der Waals surface area (Å²) in [5.74, 6) is 0. The van der Waals surface area contributed by atoms with Crippen LogP contribution >= 0.6 is 0 Å². The van der Waals surface area contributed by atoms with E-state index in [1.54, 1.807) is 19.0 Å². The minimum atomic E-state index is -0.0253. The van der Waals surface area contributed by atoms with Crippen molar-refractivity contribution in [2.45, 2.75) is 31.8 Å². The van der Waals surface area contributed by atoms with Gasteiger partial charge in [0.1, 0.15) is 0 Å². The number of amides is 2. The molecule has 1 spiro atoms. The Kier molecular flexibility index (Phi) is 5.10. The third-order valence-corrected chi connectivity index (χ3v) is 5.49. The van der Waals surface area contributed by atoms with E-state index in [1.807, 2.05) is 17.9 Å². The fourth-order valence-corrected chi connectivity index (χ4v) is 3.87. The molecular weight excluding hydrogens is 306 g/mol. The quantitative estimate of drug-likeness (QED) is 0.897. The van der Waals surface area contributed by atoms with E-state index in [4.69, 9.17) is 4.74 Å².